The second-order valence-corrected chi connectivity index (χ2v) is 7.28. The summed E-state index contributed by atoms with van der Waals surface area (Å²) in [7, 11) is 1.68. The number of aryl methyl sites for hydroxylation is 1. The van der Waals surface area contributed by atoms with Gasteiger partial charge in [0.25, 0.3) is 5.56 Å². The van der Waals surface area contributed by atoms with E-state index in [2.05, 4.69) is 36.2 Å². The number of hydrogen-bond donors (Lipinski definition) is 2. The third kappa shape index (κ3) is 2.86. The third-order valence-electron chi connectivity index (χ3n) is 5.51. The molecule has 3 aromatic carbocycles. The number of aromatic amines is 1. The minimum Gasteiger partial charge on any atom is -0.496 e. The molecule has 0 fully saturated rings. The first-order valence-corrected chi connectivity index (χ1v) is 9.48. The lowest BCUT2D eigenvalue weighted by Gasteiger charge is -2.17. The molecule has 0 saturated heterocycles. The van der Waals surface area contributed by atoms with Gasteiger partial charge < -0.3 is 15.5 Å². The number of methoxy groups -OCH3 is 1. The molecule has 0 spiro atoms. The molecule has 4 aromatic rings. The second kappa shape index (κ2) is 7.13. The van der Waals surface area contributed by atoms with E-state index < -0.39 is 0 Å². The Kier molecular flexibility index (Phi) is 4.65. The first kappa shape index (κ1) is 18.3. The van der Waals surface area contributed by atoms with Gasteiger partial charge in [0.15, 0.2) is 0 Å². The van der Waals surface area contributed by atoms with E-state index in [1.807, 2.05) is 37.3 Å². The number of nitrogens with two attached hydrogens (primary N) is 1. The van der Waals surface area contributed by atoms with Crippen LogP contribution in [0.25, 0.3) is 32.8 Å². The monoisotopic (exact) mass is 372 g/mol. The van der Waals surface area contributed by atoms with Crippen molar-refractivity contribution in [3.63, 3.8) is 0 Å². The summed E-state index contributed by atoms with van der Waals surface area (Å²) in [5.74, 6) is 1.10. The molecular formula is C24H24N2O2. The van der Waals surface area contributed by atoms with E-state index in [0.717, 1.165) is 38.7 Å². The van der Waals surface area contributed by atoms with Gasteiger partial charge in [0.05, 0.1) is 12.6 Å². The van der Waals surface area contributed by atoms with Gasteiger partial charge in [-0.15, -0.1) is 0 Å². The highest BCUT2D eigenvalue weighted by atomic mass is 16.5. The third-order valence-corrected chi connectivity index (χ3v) is 5.51. The standard InChI is InChI=1S/C24H24N2O2/c1-14-12-20(28-3)21(17-10-8-16(9-11-17)15(2)13-25)22-18-6-4-5-7-19(18)24(27)26-23(14)22/h4-12,15H,13,25H2,1-3H3,(H,26,27). The maximum atomic E-state index is 12.6. The van der Waals surface area contributed by atoms with Gasteiger partial charge in [0.1, 0.15) is 5.75 Å². The minimum absolute atomic E-state index is 0.0746. The maximum absolute atomic E-state index is 12.6. The largest absolute Gasteiger partial charge is 0.496 e. The summed E-state index contributed by atoms with van der Waals surface area (Å²) in [4.78, 5) is 15.7. The van der Waals surface area contributed by atoms with Crippen molar-refractivity contribution in [2.45, 2.75) is 19.8 Å². The van der Waals surface area contributed by atoms with Gasteiger partial charge in [-0.1, -0.05) is 49.4 Å². The molecule has 0 aliphatic rings. The molecule has 3 N–H and O–H groups in total. The van der Waals surface area contributed by atoms with Crippen molar-refractivity contribution in [3.05, 3.63) is 76.1 Å². The Bertz CT molecular complexity index is 1220. The molecule has 0 aliphatic carbocycles. The van der Waals surface area contributed by atoms with Crippen molar-refractivity contribution < 1.29 is 4.74 Å². The fourth-order valence-corrected chi connectivity index (χ4v) is 3.86. The molecule has 28 heavy (non-hydrogen) atoms. The van der Waals surface area contributed by atoms with E-state index in [1.165, 1.54) is 5.56 Å². The van der Waals surface area contributed by atoms with Gasteiger partial charge in [-0.05, 0) is 53.6 Å². The summed E-state index contributed by atoms with van der Waals surface area (Å²) in [6, 6.07) is 18.1. The molecule has 0 bridgehead atoms. The van der Waals surface area contributed by atoms with E-state index in [1.54, 1.807) is 7.11 Å². The predicted molar refractivity (Wildman–Crippen MR) is 116 cm³/mol. The molecule has 0 saturated carbocycles. The van der Waals surface area contributed by atoms with E-state index in [-0.39, 0.29) is 5.56 Å². The van der Waals surface area contributed by atoms with Crippen LogP contribution >= 0.6 is 0 Å². The summed E-state index contributed by atoms with van der Waals surface area (Å²) in [6.45, 7) is 4.72. The molecular weight excluding hydrogens is 348 g/mol. The van der Waals surface area contributed by atoms with Gasteiger partial charge in [0, 0.05) is 16.3 Å². The van der Waals surface area contributed by atoms with Gasteiger partial charge in [0.2, 0.25) is 0 Å². The number of ether oxygens (including phenoxy) is 1. The number of hydrogen-bond acceptors (Lipinski definition) is 3. The van der Waals surface area contributed by atoms with E-state index in [0.29, 0.717) is 17.8 Å². The van der Waals surface area contributed by atoms with Crippen LogP contribution in [0.15, 0.2) is 59.4 Å². The van der Waals surface area contributed by atoms with Crippen molar-refractivity contribution >= 4 is 21.7 Å². The highest BCUT2D eigenvalue weighted by Gasteiger charge is 2.17. The van der Waals surface area contributed by atoms with Gasteiger partial charge in [-0.2, -0.15) is 0 Å². The van der Waals surface area contributed by atoms with Crippen LogP contribution in [-0.2, 0) is 0 Å². The number of H-pyrrole nitrogens is 1. The van der Waals surface area contributed by atoms with E-state index in [9.17, 15) is 4.79 Å². The lowest BCUT2D eigenvalue weighted by molar-refractivity contribution is 0.416. The average molecular weight is 372 g/mol. The zero-order valence-corrected chi connectivity index (χ0v) is 16.4. The van der Waals surface area contributed by atoms with E-state index >= 15 is 0 Å². The van der Waals surface area contributed by atoms with Crippen LogP contribution in [0.3, 0.4) is 0 Å². The molecule has 0 aliphatic heterocycles. The zero-order valence-electron chi connectivity index (χ0n) is 16.4. The van der Waals surface area contributed by atoms with Crippen molar-refractivity contribution in [1.82, 2.24) is 4.98 Å². The maximum Gasteiger partial charge on any atom is 0.256 e. The van der Waals surface area contributed by atoms with Gasteiger partial charge >= 0.3 is 0 Å². The number of fused-ring (bicyclic) bond motifs is 3. The molecule has 1 atom stereocenters. The summed E-state index contributed by atoms with van der Waals surface area (Å²) in [5.41, 5.74) is 10.8. The number of aromatic nitrogens is 1. The molecule has 0 amide bonds. The highest BCUT2D eigenvalue weighted by Crippen LogP contribution is 2.41. The summed E-state index contributed by atoms with van der Waals surface area (Å²) in [6.07, 6.45) is 0. The fourth-order valence-electron chi connectivity index (χ4n) is 3.86. The highest BCUT2D eigenvalue weighted by molar-refractivity contribution is 6.14. The van der Waals surface area contributed by atoms with Crippen LogP contribution in [0.5, 0.6) is 5.75 Å². The lowest BCUT2D eigenvalue weighted by atomic mass is 9.92. The zero-order chi connectivity index (χ0) is 19.8. The van der Waals surface area contributed by atoms with Gasteiger partial charge in [-0.3, -0.25) is 4.79 Å². The SMILES string of the molecule is COc1cc(C)c2[nH]c(=O)c3ccccc3c2c1-c1ccc(C(C)CN)cc1. The van der Waals surface area contributed by atoms with Crippen LogP contribution in [0.2, 0.25) is 0 Å². The quantitative estimate of drug-likeness (QED) is 0.509. The Hall–Kier alpha value is -3.11. The van der Waals surface area contributed by atoms with Crippen molar-refractivity contribution in [3.8, 4) is 16.9 Å². The van der Waals surface area contributed by atoms with Crippen molar-refractivity contribution in [2.75, 3.05) is 13.7 Å². The predicted octanol–water partition coefficient (Wildman–Crippen LogP) is 4.73. The smallest absolute Gasteiger partial charge is 0.256 e. The molecule has 1 aromatic heterocycles. The minimum atomic E-state index is -0.0746. The van der Waals surface area contributed by atoms with Crippen molar-refractivity contribution in [2.24, 2.45) is 5.73 Å². The van der Waals surface area contributed by atoms with E-state index in [4.69, 9.17) is 10.5 Å². The number of nitrogens with one attached hydrogen (secondary N) is 1. The molecule has 4 rings (SSSR count). The van der Waals surface area contributed by atoms with Crippen LogP contribution in [-0.4, -0.2) is 18.6 Å². The normalized spacial score (nSPS) is 12.4. The number of rotatable bonds is 4. The summed E-state index contributed by atoms with van der Waals surface area (Å²) in [5, 5.41) is 2.61. The second-order valence-electron chi connectivity index (χ2n) is 7.28. The fraction of sp³-hybridized carbons (Fsp3) is 0.208. The molecule has 0 radical (unpaired) electrons. The van der Waals surface area contributed by atoms with Crippen LogP contribution < -0.4 is 16.0 Å². The Morgan fingerprint density at radius 1 is 1.07 bits per heavy atom. The molecule has 1 unspecified atom stereocenters. The van der Waals surface area contributed by atoms with Crippen LogP contribution in [0, 0.1) is 6.92 Å². The van der Waals surface area contributed by atoms with Crippen LogP contribution in [0.1, 0.15) is 24.0 Å². The Labute approximate surface area is 164 Å². The summed E-state index contributed by atoms with van der Waals surface area (Å²) >= 11 is 0. The van der Waals surface area contributed by atoms with Crippen molar-refractivity contribution in [1.29, 1.82) is 0 Å². The average Bonchev–Trinajstić information content (AvgIpc) is 2.74. The molecule has 4 nitrogen and oxygen atoms in total. The van der Waals surface area contributed by atoms with Gasteiger partial charge in [-0.25, -0.2) is 0 Å². The summed E-state index contributed by atoms with van der Waals surface area (Å²) < 4.78 is 5.75. The Balaban J connectivity index is 2.11. The molecule has 142 valence electrons. The number of benzene rings is 3. The molecule has 4 heteroatoms. The lowest BCUT2D eigenvalue weighted by Crippen LogP contribution is -2.09. The first-order valence-electron chi connectivity index (χ1n) is 9.48. The molecule has 1 heterocycles. The Morgan fingerprint density at radius 2 is 1.75 bits per heavy atom. The topological polar surface area (TPSA) is 68.1 Å². The first-order chi connectivity index (χ1) is 13.5. The number of pyridine rings is 1. The Morgan fingerprint density at radius 3 is 2.39 bits per heavy atom. The van der Waals surface area contributed by atoms with Crippen LogP contribution in [0.4, 0.5) is 0 Å².